The van der Waals surface area contributed by atoms with Crippen LogP contribution in [0.15, 0.2) is 40.9 Å². The van der Waals surface area contributed by atoms with E-state index in [4.69, 9.17) is 11.6 Å². The summed E-state index contributed by atoms with van der Waals surface area (Å²) < 4.78 is 27.1. The third-order valence-corrected chi connectivity index (χ3v) is 3.66. The van der Waals surface area contributed by atoms with E-state index in [0.717, 1.165) is 0 Å². The maximum absolute atomic E-state index is 13.8. The summed E-state index contributed by atoms with van der Waals surface area (Å²) in [6.07, 6.45) is -0.855. The largest absolute Gasteiger partial charge is 0.388 e. The van der Waals surface area contributed by atoms with Gasteiger partial charge >= 0.3 is 0 Å². The average molecular weight is 348 g/mol. The van der Waals surface area contributed by atoms with Crippen molar-refractivity contribution < 1.29 is 13.9 Å². The van der Waals surface area contributed by atoms with Crippen molar-refractivity contribution in [1.82, 2.24) is 0 Å². The minimum absolute atomic E-state index is 0.0144. The molecule has 0 fully saturated rings. The van der Waals surface area contributed by atoms with Crippen molar-refractivity contribution in [3.63, 3.8) is 0 Å². The van der Waals surface area contributed by atoms with Crippen molar-refractivity contribution in [2.75, 3.05) is 0 Å². The summed E-state index contributed by atoms with van der Waals surface area (Å²) in [6, 6.07) is 8.87. The molecule has 0 aliphatic rings. The Labute approximate surface area is 123 Å². The molecule has 0 aliphatic heterocycles. The molecular formula is C14H10BrClF2O. The Balaban J connectivity index is 2.23. The monoisotopic (exact) mass is 346 g/mol. The van der Waals surface area contributed by atoms with Crippen LogP contribution in [0.3, 0.4) is 0 Å². The van der Waals surface area contributed by atoms with Crippen molar-refractivity contribution in [2.45, 2.75) is 12.5 Å². The van der Waals surface area contributed by atoms with Crippen molar-refractivity contribution in [2.24, 2.45) is 0 Å². The first kappa shape index (κ1) is 14.4. The molecule has 19 heavy (non-hydrogen) atoms. The van der Waals surface area contributed by atoms with E-state index in [1.807, 2.05) is 0 Å². The normalized spacial score (nSPS) is 12.5. The highest BCUT2D eigenvalue weighted by Crippen LogP contribution is 2.27. The second-order valence-corrected chi connectivity index (χ2v) is 5.37. The molecule has 0 bridgehead atoms. The molecule has 0 saturated carbocycles. The quantitative estimate of drug-likeness (QED) is 0.856. The van der Waals surface area contributed by atoms with Gasteiger partial charge in [-0.3, -0.25) is 0 Å². The van der Waals surface area contributed by atoms with Crippen LogP contribution in [0.2, 0.25) is 5.02 Å². The molecule has 0 heterocycles. The first-order valence-electron chi connectivity index (χ1n) is 5.55. The number of benzene rings is 2. The summed E-state index contributed by atoms with van der Waals surface area (Å²) in [6.45, 7) is 0. The van der Waals surface area contributed by atoms with Crippen LogP contribution in [-0.4, -0.2) is 5.11 Å². The Kier molecular flexibility index (Phi) is 4.55. The van der Waals surface area contributed by atoms with E-state index in [9.17, 15) is 13.9 Å². The van der Waals surface area contributed by atoms with E-state index in [1.54, 1.807) is 12.1 Å². The number of halogens is 4. The predicted molar refractivity (Wildman–Crippen MR) is 74.2 cm³/mol. The smallest absolute Gasteiger partial charge is 0.143 e. The van der Waals surface area contributed by atoms with Gasteiger partial charge in [-0.2, -0.15) is 0 Å². The van der Waals surface area contributed by atoms with Gasteiger partial charge in [0.15, 0.2) is 0 Å². The molecule has 1 nitrogen and oxygen atoms in total. The van der Waals surface area contributed by atoms with Crippen LogP contribution in [0, 0.1) is 11.6 Å². The molecule has 2 rings (SSSR count). The Hall–Kier alpha value is -0.970. The third-order valence-electron chi connectivity index (χ3n) is 2.75. The molecule has 1 unspecified atom stereocenters. The summed E-state index contributed by atoms with van der Waals surface area (Å²) in [7, 11) is 0. The van der Waals surface area contributed by atoms with Gasteiger partial charge in [-0.25, -0.2) is 8.78 Å². The highest BCUT2D eigenvalue weighted by Gasteiger charge is 2.15. The first-order chi connectivity index (χ1) is 8.99. The zero-order valence-electron chi connectivity index (χ0n) is 9.71. The fourth-order valence-corrected chi connectivity index (χ4v) is 2.36. The highest BCUT2D eigenvalue weighted by molar-refractivity contribution is 9.10. The lowest BCUT2D eigenvalue weighted by molar-refractivity contribution is 0.173. The van der Waals surface area contributed by atoms with Crippen LogP contribution in [-0.2, 0) is 6.42 Å². The fourth-order valence-electron chi connectivity index (χ4n) is 1.78. The number of hydrogen-bond acceptors (Lipinski definition) is 1. The van der Waals surface area contributed by atoms with Gasteiger partial charge in [-0.1, -0.05) is 29.8 Å². The summed E-state index contributed by atoms with van der Waals surface area (Å²) in [5.41, 5.74) is 0.827. The lowest BCUT2D eigenvalue weighted by Gasteiger charge is -2.13. The van der Waals surface area contributed by atoms with Gasteiger partial charge in [-0.05, 0) is 39.7 Å². The van der Waals surface area contributed by atoms with Crippen LogP contribution in [0.25, 0.3) is 0 Å². The van der Waals surface area contributed by atoms with Crippen LogP contribution in [0.4, 0.5) is 8.78 Å². The minimum Gasteiger partial charge on any atom is -0.388 e. The van der Waals surface area contributed by atoms with Crippen LogP contribution in [0.5, 0.6) is 0 Å². The fraction of sp³-hybridized carbons (Fsp3) is 0.143. The van der Waals surface area contributed by atoms with Crippen molar-refractivity contribution >= 4 is 27.5 Å². The first-order valence-corrected chi connectivity index (χ1v) is 6.72. The standard InChI is InChI=1S/C14H10BrClF2O/c15-10-3-1-2-9(14(10)18)13(19)7-8-4-5-12(17)11(16)6-8/h1-6,13,19H,7H2. The molecule has 1 atom stereocenters. The van der Waals surface area contributed by atoms with Crippen molar-refractivity contribution in [1.29, 1.82) is 0 Å². The zero-order valence-corrected chi connectivity index (χ0v) is 12.0. The summed E-state index contributed by atoms with van der Waals surface area (Å²) in [5, 5.41) is 10.0. The van der Waals surface area contributed by atoms with Gasteiger partial charge in [0.25, 0.3) is 0 Å². The van der Waals surface area contributed by atoms with E-state index in [1.165, 1.54) is 24.3 Å². The Morgan fingerprint density at radius 1 is 1.21 bits per heavy atom. The van der Waals surface area contributed by atoms with Gasteiger partial charge in [0, 0.05) is 12.0 Å². The van der Waals surface area contributed by atoms with Crippen molar-refractivity contribution in [3.05, 3.63) is 68.7 Å². The van der Waals surface area contributed by atoms with Gasteiger partial charge in [0.2, 0.25) is 0 Å². The van der Waals surface area contributed by atoms with Gasteiger partial charge in [0.1, 0.15) is 11.6 Å². The third kappa shape index (κ3) is 3.32. The topological polar surface area (TPSA) is 20.2 Å². The van der Waals surface area contributed by atoms with Gasteiger partial charge < -0.3 is 5.11 Å². The average Bonchev–Trinajstić information content (AvgIpc) is 2.37. The molecule has 2 aromatic rings. The molecule has 0 amide bonds. The molecule has 0 saturated heterocycles. The van der Waals surface area contributed by atoms with Crippen molar-refractivity contribution in [3.8, 4) is 0 Å². The second-order valence-electron chi connectivity index (χ2n) is 4.11. The summed E-state index contributed by atoms with van der Waals surface area (Å²) in [5.74, 6) is -1.02. The van der Waals surface area contributed by atoms with E-state index < -0.39 is 17.7 Å². The number of hydrogen-bond donors (Lipinski definition) is 1. The maximum Gasteiger partial charge on any atom is 0.143 e. The Morgan fingerprint density at radius 3 is 2.63 bits per heavy atom. The summed E-state index contributed by atoms with van der Waals surface area (Å²) in [4.78, 5) is 0. The maximum atomic E-state index is 13.8. The Bertz CT molecular complexity index is 604. The second kappa shape index (κ2) is 5.99. The van der Waals surface area contributed by atoms with Gasteiger partial charge in [0.05, 0.1) is 15.6 Å². The van der Waals surface area contributed by atoms with E-state index in [2.05, 4.69) is 15.9 Å². The molecule has 0 aromatic heterocycles. The molecule has 2 aromatic carbocycles. The summed E-state index contributed by atoms with van der Waals surface area (Å²) >= 11 is 8.73. The van der Waals surface area contributed by atoms with E-state index >= 15 is 0 Å². The Morgan fingerprint density at radius 2 is 1.95 bits per heavy atom. The molecule has 1 N–H and O–H groups in total. The number of rotatable bonds is 3. The zero-order chi connectivity index (χ0) is 14.0. The molecule has 0 aliphatic carbocycles. The molecular weight excluding hydrogens is 338 g/mol. The van der Waals surface area contributed by atoms with Gasteiger partial charge in [-0.15, -0.1) is 0 Å². The lowest BCUT2D eigenvalue weighted by atomic mass is 10.0. The molecule has 100 valence electrons. The van der Waals surface area contributed by atoms with E-state index in [-0.39, 0.29) is 17.0 Å². The molecule has 5 heteroatoms. The van der Waals surface area contributed by atoms with E-state index in [0.29, 0.717) is 10.0 Å². The molecule has 0 spiro atoms. The lowest BCUT2D eigenvalue weighted by Crippen LogP contribution is -2.05. The van der Waals surface area contributed by atoms with Crippen LogP contribution in [0.1, 0.15) is 17.2 Å². The SMILES string of the molecule is OC(Cc1ccc(F)c(Cl)c1)c1cccc(Br)c1F. The van der Waals surface area contributed by atoms with Crippen LogP contribution >= 0.6 is 27.5 Å². The molecule has 0 radical (unpaired) electrons. The minimum atomic E-state index is -1.01. The number of aliphatic hydroxyl groups is 1. The number of aliphatic hydroxyl groups excluding tert-OH is 1. The predicted octanol–water partition coefficient (Wildman–Crippen LogP) is 4.66. The highest BCUT2D eigenvalue weighted by atomic mass is 79.9. The van der Waals surface area contributed by atoms with Crippen LogP contribution < -0.4 is 0 Å².